The van der Waals surface area contributed by atoms with Crippen molar-refractivity contribution >= 4 is 33.8 Å². The van der Waals surface area contributed by atoms with E-state index in [1.165, 1.54) is 4.90 Å². The van der Waals surface area contributed by atoms with Crippen LogP contribution in [0.25, 0.3) is 0 Å². The van der Waals surface area contributed by atoms with Crippen molar-refractivity contribution in [2.45, 2.75) is 86.7 Å². The van der Waals surface area contributed by atoms with E-state index in [1.807, 2.05) is 12.2 Å². The van der Waals surface area contributed by atoms with Crippen LogP contribution in [0.2, 0.25) is 0 Å². The molecule has 0 bridgehead atoms. The van der Waals surface area contributed by atoms with Crippen molar-refractivity contribution in [3.05, 3.63) is 12.2 Å². The SMILES string of the molecule is N[C@@H]1C[C@H]2C(=O)N[C@]3(C(=O)NS(=O)(=O)C4CC4)C[C@H]3/C=C\CCCCC[C@H](NC(=O)O)C(=O)N2C1. The summed E-state index contributed by atoms with van der Waals surface area (Å²) in [5.74, 6) is -2.28. The van der Waals surface area contributed by atoms with E-state index >= 15 is 0 Å². The Balaban J connectivity index is 1.59. The van der Waals surface area contributed by atoms with Gasteiger partial charge >= 0.3 is 6.09 Å². The van der Waals surface area contributed by atoms with Crippen molar-refractivity contribution in [2.75, 3.05) is 6.54 Å². The van der Waals surface area contributed by atoms with Crippen molar-refractivity contribution in [1.82, 2.24) is 20.3 Å². The molecule has 6 N–H and O–H groups in total. The van der Waals surface area contributed by atoms with Gasteiger partial charge in [0.1, 0.15) is 17.6 Å². The van der Waals surface area contributed by atoms with Crippen molar-refractivity contribution in [1.29, 1.82) is 0 Å². The van der Waals surface area contributed by atoms with Gasteiger partial charge in [0.2, 0.25) is 21.8 Å². The van der Waals surface area contributed by atoms with Gasteiger partial charge in [-0.3, -0.25) is 19.1 Å². The average Bonchev–Trinajstić information content (AvgIpc) is 3.69. The van der Waals surface area contributed by atoms with Crippen LogP contribution in [0.1, 0.15) is 57.8 Å². The fourth-order valence-electron chi connectivity index (χ4n) is 4.98. The van der Waals surface area contributed by atoms with Crippen LogP contribution in [0.15, 0.2) is 12.2 Å². The van der Waals surface area contributed by atoms with Gasteiger partial charge in [0, 0.05) is 18.5 Å². The molecule has 0 spiro atoms. The van der Waals surface area contributed by atoms with E-state index in [-0.39, 0.29) is 25.3 Å². The molecular weight excluding hydrogens is 478 g/mol. The average molecular weight is 512 g/mol. The highest BCUT2D eigenvalue weighted by molar-refractivity contribution is 7.91. The number of carbonyl (C=O) groups is 4. The molecule has 0 radical (unpaired) electrons. The second-order valence-corrected chi connectivity index (χ2v) is 12.0. The molecule has 0 unspecified atom stereocenters. The van der Waals surface area contributed by atoms with E-state index in [2.05, 4.69) is 15.4 Å². The summed E-state index contributed by atoms with van der Waals surface area (Å²) in [6.07, 6.45) is 6.99. The number of carbonyl (C=O) groups excluding carboxylic acids is 3. The number of carboxylic acid groups (broad SMARTS) is 1. The molecule has 12 nitrogen and oxygen atoms in total. The number of allylic oxidation sites excluding steroid dienone is 1. The predicted octanol–water partition coefficient (Wildman–Crippen LogP) is -0.446. The second kappa shape index (κ2) is 9.76. The molecule has 2 aliphatic carbocycles. The van der Waals surface area contributed by atoms with E-state index < -0.39 is 62.8 Å². The highest BCUT2D eigenvalue weighted by atomic mass is 32.2. The molecule has 3 fully saturated rings. The summed E-state index contributed by atoms with van der Waals surface area (Å²) in [4.78, 5) is 52.3. The largest absolute Gasteiger partial charge is 0.465 e. The number of amides is 4. The fraction of sp³-hybridized carbons (Fsp3) is 0.727. The monoisotopic (exact) mass is 511 g/mol. The topological polar surface area (TPSA) is 188 Å². The number of hydrogen-bond acceptors (Lipinski definition) is 7. The van der Waals surface area contributed by atoms with Gasteiger partial charge in [0.25, 0.3) is 5.91 Å². The fourth-order valence-corrected chi connectivity index (χ4v) is 6.35. The minimum absolute atomic E-state index is 0.0767. The van der Waals surface area contributed by atoms with Crippen LogP contribution in [0.3, 0.4) is 0 Å². The number of nitrogens with two attached hydrogens (primary N) is 1. The first-order chi connectivity index (χ1) is 16.5. The lowest BCUT2D eigenvalue weighted by Gasteiger charge is -2.29. The molecule has 13 heteroatoms. The Morgan fingerprint density at radius 2 is 1.91 bits per heavy atom. The first-order valence-electron chi connectivity index (χ1n) is 12.1. The van der Waals surface area contributed by atoms with Gasteiger partial charge in [-0.25, -0.2) is 13.2 Å². The maximum absolute atomic E-state index is 13.4. The Labute approximate surface area is 204 Å². The molecule has 0 aromatic heterocycles. The number of nitrogens with one attached hydrogen (secondary N) is 3. The standard InChI is InChI=1S/C22H33N5O7S/c23-14-10-17-18(28)25-22(20(30)26-35(33,34)15-8-9-15)11-13(22)6-4-2-1-3-5-7-16(24-21(31)32)19(29)27(17)12-14/h4,6,13-17,24H,1-3,5,7-12,23H2,(H,25,28)(H,26,30)(H,31,32)/b6-4-/t13-,14-,16+,17+,22-/m1/s1. The molecule has 1 saturated heterocycles. The first-order valence-corrected chi connectivity index (χ1v) is 13.7. The van der Waals surface area contributed by atoms with Gasteiger partial charge in [-0.2, -0.15) is 0 Å². The number of rotatable bonds is 4. The molecule has 2 heterocycles. The Morgan fingerprint density at radius 1 is 1.17 bits per heavy atom. The number of hydrogen-bond donors (Lipinski definition) is 5. The highest BCUT2D eigenvalue weighted by Crippen LogP contribution is 2.46. The molecule has 2 saturated carbocycles. The normalized spacial score (nSPS) is 34.9. The van der Waals surface area contributed by atoms with Crippen molar-refractivity contribution in [3.8, 4) is 0 Å². The molecular formula is C22H33N5O7S. The molecule has 2 aliphatic heterocycles. The highest BCUT2D eigenvalue weighted by Gasteiger charge is 2.62. The van der Waals surface area contributed by atoms with Crippen LogP contribution >= 0.6 is 0 Å². The molecule has 0 aromatic rings. The van der Waals surface area contributed by atoms with Gasteiger partial charge < -0.3 is 26.4 Å². The first kappa shape index (κ1) is 25.4. The summed E-state index contributed by atoms with van der Waals surface area (Å²) in [7, 11) is -3.81. The minimum Gasteiger partial charge on any atom is -0.465 e. The third-order valence-electron chi connectivity index (χ3n) is 7.21. The third-order valence-corrected chi connectivity index (χ3v) is 9.03. The van der Waals surface area contributed by atoms with E-state index in [4.69, 9.17) is 5.73 Å². The lowest BCUT2D eigenvalue weighted by atomic mass is 10.1. The summed E-state index contributed by atoms with van der Waals surface area (Å²) in [5, 5.41) is 13.6. The molecule has 5 atom stereocenters. The van der Waals surface area contributed by atoms with E-state index in [0.717, 1.165) is 12.8 Å². The van der Waals surface area contributed by atoms with Crippen LogP contribution in [0.4, 0.5) is 4.79 Å². The summed E-state index contributed by atoms with van der Waals surface area (Å²) < 4.78 is 26.9. The minimum atomic E-state index is -3.81. The molecule has 0 aromatic carbocycles. The zero-order chi connectivity index (χ0) is 25.4. The van der Waals surface area contributed by atoms with Crippen molar-refractivity contribution < 1.29 is 32.7 Å². The third kappa shape index (κ3) is 5.61. The van der Waals surface area contributed by atoms with Crippen LogP contribution in [-0.4, -0.2) is 77.7 Å². The predicted molar refractivity (Wildman–Crippen MR) is 124 cm³/mol. The second-order valence-electron chi connectivity index (χ2n) is 10.0. The van der Waals surface area contributed by atoms with Crippen LogP contribution in [-0.2, 0) is 24.4 Å². The molecule has 194 valence electrons. The van der Waals surface area contributed by atoms with E-state index in [0.29, 0.717) is 32.1 Å². The molecule has 4 rings (SSSR count). The summed E-state index contributed by atoms with van der Waals surface area (Å²) >= 11 is 0. The van der Waals surface area contributed by atoms with Gasteiger partial charge in [-0.15, -0.1) is 0 Å². The Bertz CT molecular complexity index is 1030. The zero-order valence-corrected chi connectivity index (χ0v) is 20.3. The van der Waals surface area contributed by atoms with Gasteiger partial charge in [0.05, 0.1) is 5.25 Å². The smallest absolute Gasteiger partial charge is 0.405 e. The maximum Gasteiger partial charge on any atom is 0.405 e. The Hall–Kier alpha value is -2.67. The maximum atomic E-state index is 13.4. The zero-order valence-electron chi connectivity index (χ0n) is 19.4. The molecule has 4 amide bonds. The van der Waals surface area contributed by atoms with E-state index in [9.17, 15) is 32.7 Å². The van der Waals surface area contributed by atoms with Gasteiger partial charge in [-0.1, -0.05) is 25.0 Å². The van der Waals surface area contributed by atoms with Crippen LogP contribution in [0.5, 0.6) is 0 Å². The number of nitrogens with zero attached hydrogens (tertiary/aromatic N) is 1. The van der Waals surface area contributed by atoms with Crippen LogP contribution < -0.4 is 21.1 Å². The lowest BCUT2D eigenvalue weighted by molar-refractivity contribution is -0.141. The van der Waals surface area contributed by atoms with Crippen LogP contribution in [0, 0.1) is 5.92 Å². The number of sulfonamides is 1. The van der Waals surface area contributed by atoms with Crippen molar-refractivity contribution in [3.63, 3.8) is 0 Å². The summed E-state index contributed by atoms with van der Waals surface area (Å²) in [5.41, 5.74) is 4.64. The lowest BCUT2D eigenvalue weighted by Crippen LogP contribution is -2.58. The molecule has 4 aliphatic rings. The Kier molecular flexibility index (Phi) is 7.09. The summed E-state index contributed by atoms with van der Waals surface area (Å²) in [6.45, 7) is 0.0767. The Morgan fingerprint density at radius 3 is 2.60 bits per heavy atom. The molecule has 35 heavy (non-hydrogen) atoms. The van der Waals surface area contributed by atoms with Crippen molar-refractivity contribution in [2.24, 2.45) is 11.7 Å². The van der Waals surface area contributed by atoms with Gasteiger partial charge in [-0.05, 0) is 44.9 Å². The summed E-state index contributed by atoms with van der Waals surface area (Å²) in [6, 6.07) is -2.49. The number of fused-ring (bicyclic) bond motifs is 2. The van der Waals surface area contributed by atoms with E-state index in [1.54, 1.807) is 0 Å². The quantitative estimate of drug-likeness (QED) is 0.314. The van der Waals surface area contributed by atoms with Gasteiger partial charge in [0.15, 0.2) is 0 Å².